The Labute approximate surface area is 184 Å². The molecule has 0 unspecified atom stereocenters. The lowest BCUT2D eigenvalue weighted by atomic mass is 10.1. The van der Waals surface area contributed by atoms with E-state index >= 15 is 0 Å². The molecule has 0 amide bonds. The highest BCUT2D eigenvalue weighted by molar-refractivity contribution is 5.91. The van der Waals surface area contributed by atoms with E-state index in [1.165, 1.54) is 36.4 Å². The van der Waals surface area contributed by atoms with Gasteiger partial charge in [-0.1, -0.05) is 18.2 Å². The molecule has 33 heavy (non-hydrogen) atoms. The Kier molecular flexibility index (Phi) is 5.78. The van der Waals surface area contributed by atoms with Crippen molar-refractivity contribution in [3.63, 3.8) is 0 Å². The average Bonchev–Trinajstić information content (AvgIpc) is 3.23. The van der Waals surface area contributed by atoms with Crippen LogP contribution >= 0.6 is 0 Å². The van der Waals surface area contributed by atoms with E-state index in [1.54, 1.807) is 18.2 Å². The van der Waals surface area contributed by atoms with Crippen molar-refractivity contribution in [1.29, 1.82) is 0 Å². The van der Waals surface area contributed by atoms with Gasteiger partial charge in [-0.2, -0.15) is 18.0 Å². The fourth-order valence-corrected chi connectivity index (χ4v) is 3.07. The summed E-state index contributed by atoms with van der Waals surface area (Å²) < 4.78 is 52.4. The van der Waals surface area contributed by atoms with Crippen molar-refractivity contribution < 1.29 is 27.5 Å². The van der Waals surface area contributed by atoms with E-state index in [0.717, 1.165) is 16.9 Å². The van der Waals surface area contributed by atoms with Gasteiger partial charge in [0.05, 0.1) is 17.7 Å². The second-order valence-electron chi connectivity index (χ2n) is 7.00. The molecule has 0 aliphatic rings. The normalized spacial score (nSPS) is 11.4. The van der Waals surface area contributed by atoms with E-state index < -0.39 is 23.5 Å². The van der Waals surface area contributed by atoms with E-state index in [0.29, 0.717) is 16.9 Å². The first kappa shape index (κ1) is 21.9. The molecule has 7 nitrogen and oxygen atoms in total. The summed E-state index contributed by atoms with van der Waals surface area (Å²) in [7, 11) is 0. The van der Waals surface area contributed by atoms with E-state index in [1.807, 2.05) is 0 Å². The minimum absolute atomic E-state index is 0.0000387. The second-order valence-corrected chi connectivity index (χ2v) is 7.00. The highest BCUT2D eigenvalue weighted by Crippen LogP contribution is 2.32. The largest absolute Gasteiger partial charge is 0.478 e. The third-order valence-electron chi connectivity index (χ3n) is 4.72. The first-order chi connectivity index (χ1) is 15.7. The Balaban J connectivity index is 1.66. The Hall–Kier alpha value is -4.28. The Bertz CT molecular complexity index is 1300. The van der Waals surface area contributed by atoms with Gasteiger partial charge in [0, 0.05) is 22.5 Å². The van der Waals surface area contributed by atoms with Crippen molar-refractivity contribution >= 4 is 17.3 Å². The number of carboxylic acid groups (broad SMARTS) is 1. The van der Waals surface area contributed by atoms with Gasteiger partial charge in [-0.05, 0) is 53.7 Å². The average molecular weight is 457 g/mol. The molecule has 0 radical (unpaired) electrons. The number of rotatable bonds is 6. The number of aromatic nitrogens is 4. The van der Waals surface area contributed by atoms with Crippen molar-refractivity contribution in [3.05, 3.63) is 89.2 Å². The standard InChI is InChI=1S/C22H15F4N5O2/c23-18-4-2-1-3-14(18)12-31-29-20(28-30-31)17-11-13(21(32)33)5-10-19(17)27-16-8-6-15(7-9-16)22(24,25)26/h1-11,27H,12H2,(H,32,33). The zero-order chi connectivity index (χ0) is 23.6. The van der Waals surface area contributed by atoms with E-state index in [-0.39, 0.29) is 23.5 Å². The van der Waals surface area contributed by atoms with Crippen LogP contribution in [0.2, 0.25) is 0 Å². The molecule has 0 fully saturated rings. The smallest absolute Gasteiger partial charge is 0.416 e. The quantitative estimate of drug-likeness (QED) is 0.397. The molecule has 168 valence electrons. The van der Waals surface area contributed by atoms with Gasteiger partial charge in [-0.25, -0.2) is 9.18 Å². The molecule has 4 rings (SSSR count). The van der Waals surface area contributed by atoms with E-state index in [9.17, 15) is 27.5 Å². The minimum Gasteiger partial charge on any atom is -0.478 e. The van der Waals surface area contributed by atoms with Crippen molar-refractivity contribution in [2.45, 2.75) is 12.7 Å². The Morgan fingerprint density at radius 1 is 1.03 bits per heavy atom. The minimum atomic E-state index is -4.46. The molecule has 1 heterocycles. The number of benzene rings is 3. The van der Waals surface area contributed by atoms with Crippen LogP contribution in [0, 0.1) is 5.82 Å². The summed E-state index contributed by atoms with van der Waals surface area (Å²) in [6.45, 7) is -0.0000387. The maximum atomic E-state index is 13.9. The van der Waals surface area contributed by atoms with Crippen molar-refractivity contribution in [2.75, 3.05) is 5.32 Å². The van der Waals surface area contributed by atoms with Crippen molar-refractivity contribution in [2.24, 2.45) is 0 Å². The summed E-state index contributed by atoms with van der Waals surface area (Å²) in [6, 6.07) is 14.5. The lowest BCUT2D eigenvalue weighted by Gasteiger charge is -2.12. The number of nitrogens with zero attached hydrogens (tertiary/aromatic N) is 4. The van der Waals surface area contributed by atoms with Crippen LogP contribution in [0.1, 0.15) is 21.5 Å². The predicted molar refractivity (Wildman–Crippen MR) is 110 cm³/mol. The topological polar surface area (TPSA) is 92.9 Å². The van der Waals surface area contributed by atoms with Gasteiger partial charge in [0.1, 0.15) is 5.82 Å². The summed E-state index contributed by atoms with van der Waals surface area (Å²) in [4.78, 5) is 12.6. The highest BCUT2D eigenvalue weighted by Gasteiger charge is 2.30. The summed E-state index contributed by atoms with van der Waals surface area (Å²) >= 11 is 0. The first-order valence-electron chi connectivity index (χ1n) is 9.54. The van der Waals surface area contributed by atoms with Gasteiger partial charge < -0.3 is 10.4 Å². The Morgan fingerprint density at radius 2 is 1.76 bits per heavy atom. The Morgan fingerprint density at radius 3 is 2.42 bits per heavy atom. The fraction of sp³-hybridized carbons (Fsp3) is 0.0909. The second kappa shape index (κ2) is 8.69. The third-order valence-corrected chi connectivity index (χ3v) is 4.72. The number of nitrogens with one attached hydrogen (secondary N) is 1. The molecule has 0 bridgehead atoms. The SMILES string of the molecule is O=C(O)c1ccc(Nc2ccc(C(F)(F)F)cc2)c(-c2nnn(Cc3ccccc3F)n2)c1. The van der Waals surface area contributed by atoms with Crippen molar-refractivity contribution in [1.82, 2.24) is 20.2 Å². The van der Waals surface area contributed by atoms with Crippen LogP contribution in [0.25, 0.3) is 11.4 Å². The number of anilines is 2. The van der Waals surface area contributed by atoms with E-state index in [4.69, 9.17) is 0 Å². The number of carbonyl (C=O) groups is 1. The van der Waals surface area contributed by atoms with Crippen LogP contribution < -0.4 is 5.32 Å². The zero-order valence-electron chi connectivity index (χ0n) is 16.7. The van der Waals surface area contributed by atoms with Gasteiger partial charge in [0.25, 0.3) is 0 Å². The molecule has 0 saturated heterocycles. The lowest BCUT2D eigenvalue weighted by Crippen LogP contribution is -2.06. The molecular formula is C22H15F4N5O2. The number of aromatic carboxylic acids is 1. The maximum absolute atomic E-state index is 13.9. The van der Waals surface area contributed by atoms with Gasteiger partial charge >= 0.3 is 12.1 Å². The summed E-state index contributed by atoms with van der Waals surface area (Å²) in [6.07, 6.45) is -4.46. The lowest BCUT2D eigenvalue weighted by molar-refractivity contribution is -0.137. The van der Waals surface area contributed by atoms with Gasteiger partial charge in [-0.3, -0.25) is 0 Å². The number of tetrazole rings is 1. The van der Waals surface area contributed by atoms with Gasteiger partial charge in [-0.15, -0.1) is 10.2 Å². The van der Waals surface area contributed by atoms with Crippen LogP contribution in [-0.4, -0.2) is 31.3 Å². The first-order valence-corrected chi connectivity index (χ1v) is 9.54. The molecule has 0 atom stereocenters. The number of hydrogen-bond acceptors (Lipinski definition) is 5. The molecule has 0 aliphatic carbocycles. The predicted octanol–water partition coefficient (Wildman–Crippen LogP) is 4.99. The van der Waals surface area contributed by atoms with Crippen LogP contribution in [0.4, 0.5) is 28.9 Å². The summed E-state index contributed by atoms with van der Waals surface area (Å²) in [5.41, 5.74) is 0.440. The van der Waals surface area contributed by atoms with Crippen LogP contribution in [-0.2, 0) is 12.7 Å². The van der Waals surface area contributed by atoms with Gasteiger partial charge in [0.15, 0.2) is 0 Å². The molecule has 0 spiro atoms. The molecule has 3 aromatic carbocycles. The highest BCUT2D eigenvalue weighted by atomic mass is 19.4. The summed E-state index contributed by atoms with van der Waals surface area (Å²) in [5, 5.41) is 24.3. The third kappa shape index (κ3) is 4.97. The molecule has 2 N–H and O–H groups in total. The molecule has 0 aliphatic heterocycles. The fourth-order valence-electron chi connectivity index (χ4n) is 3.07. The molecular weight excluding hydrogens is 442 g/mol. The number of alkyl halides is 3. The zero-order valence-corrected chi connectivity index (χ0v) is 16.7. The maximum Gasteiger partial charge on any atom is 0.416 e. The van der Waals surface area contributed by atoms with Crippen molar-refractivity contribution in [3.8, 4) is 11.4 Å². The summed E-state index contributed by atoms with van der Waals surface area (Å²) in [5.74, 6) is -1.56. The van der Waals surface area contributed by atoms with Gasteiger partial charge in [0.2, 0.25) is 5.82 Å². The van der Waals surface area contributed by atoms with Crippen LogP contribution in [0.15, 0.2) is 66.7 Å². The number of carboxylic acids is 1. The van der Waals surface area contributed by atoms with E-state index in [2.05, 4.69) is 20.7 Å². The molecule has 0 saturated carbocycles. The molecule has 4 aromatic rings. The van der Waals surface area contributed by atoms with Crippen LogP contribution in [0.3, 0.4) is 0 Å². The number of halogens is 4. The monoisotopic (exact) mass is 457 g/mol. The van der Waals surface area contributed by atoms with Crippen LogP contribution in [0.5, 0.6) is 0 Å². The number of hydrogen-bond donors (Lipinski definition) is 2. The molecule has 11 heteroatoms. The molecule has 1 aromatic heterocycles.